The minimum atomic E-state index is 0.240. The van der Waals surface area contributed by atoms with Crippen molar-refractivity contribution in [2.45, 2.75) is 25.7 Å². The van der Waals surface area contributed by atoms with Gasteiger partial charge in [0.1, 0.15) is 0 Å². The zero-order chi connectivity index (χ0) is 16.1. The standard InChI is InChI=1S/C18H27N3O2/c1-23-11-10-20-8-3-5-18(14-20)6-9-21(15-18)17(22)12-16-4-2-7-19-13-16/h2,4,7,13H,3,5-6,8-12,14-15H2,1H3/t18-/m0/s1. The summed E-state index contributed by atoms with van der Waals surface area (Å²) in [6.45, 7) is 5.87. The average molecular weight is 317 g/mol. The Bertz CT molecular complexity index is 522. The Kier molecular flexibility index (Phi) is 5.28. The molecule has 0 aromatic carbocycles. The molecule has 1 aromatic rings. The molecule has 5 heteroatoms. The molecule has 3 heterocycles. The number of carbonyl (C=O) groups is 1. The number of likely N-dealkylation sites (tertiary alicyclic amines) is 2. The van der Waals surface area contributed by atoms with Crippen LogP contribution in [0.2, 0.25) is 0 Å². The van der Waals surface area contributed by atoms with Gasteiger partial charge in [0.25, 0.3) is 0 Å². The van der Waals surface area contributed by atoms with Gasteiger partial charge in [0.2, 0.25) is 5.91 Å². The second-order valence-corrected chi connectivity index (χ2v) is 6.98. The van der Waals surface area contributed by atoms with Crippen LogP contribution in [-0.4, -0.2) is 67.1 Å². The Balaban J connectivity index is 1.55. The number of rotatable bonds is 5. The number of pyridine rings is 1. The molecule has 2 aliphatic rings. The van der Waals surface area contributed by atoms with Crippen molar-refractivity contribution in [3.63, 3.8) is 0 Å². The zero-order valence-corrected chi connectivity index (χ0v) is 14.0. The predicted octanol–water partition coefficient (Wildman–Crippen LogP) is 1.58. The lowest BCUT2D eigenvalue weighted by Crippen LogP contribution is -2.46. The maximum atomic E-state index is 12.6. The first-order valence-corrected chi connectivity index (χ1v) is 8.59. The van der Waals surface area contributed by atoms with Crippen LogP contribution in [0.4, 0.5) is 0 Å². The van der Waals surface area contributed by atoms with Crippen molar-refractivity contribution in [3.05, 3.63) is 30.1 Å². The van der Waals surface area contributed by atoms with Crippen LogP contribution in [-0.2, 0) is 16.0 Å². The summed E-state index contributed by atoms with van der Waals surface area (Å²) >= 11 is 0. The zero-order valence-electron chi connectivity index (χ0n) is 14.0. The Morgan fingerprint density at radius 3 is 3.04 bits per heavy atom. The van der Waals surface area contributed by atoms with Crippen LogP contribution in [0.15, 0.2) is 24.5 Å². The number of ether oxygens (including phenoxy) is 1. The summed E-state index contributed by atoms with van der Waals surface area (Å²) in [5.41, 5.74) is 1.31. The molecule has 1 amide bonds. The van der Waals surface area contributed by atoms with Crippen molar-refractivity contribution in [2.24, 2.45) is 5.41 Å². The average Bonchev–Trinajstić information content (AvgIpc) is 2.97. The molecule has 5 nitrogen and oxygen atoms in total. The summed E-state index contributed by atoms with van der Waals surface area (Å²) in [7, 11) is 1.76. The molecule has 0 unspecified atom stereocenters. The number of nitrogens with zero attached hydrogens (tertiary/aromatic N) is 3. The molecule has 2 saturated heterocycles. The SMILES string of the molecule is COCCN1CCC[C@]2(CCN(C(=O)Cc3cccnc3)C2)C1. The van der Waals surface area contributed by atoms with Crippen molar-refractivity contribution >= 4 is 5.91 Å². The van der Waals surface area contributed by atoms with Crippen LogP contribution in [0, 0.1) is 5.41 Å². The highest BCUT2D eigenvalue weighted by atomic mass is 16.5. The van der Waals surface area contributed by atoms with Gasteiger partial charge in [-0.05, 0) is 37.4 Å². The summed E-state index contributed by atoms with van der Waals surface area (Å²) in [5, 5.41) is 0. The van der Waals surface area contributed by atoms with E-state index in [-0.39, 0.29) is 5.91 Å². The van der Waals surface area contributed by atoms with E-state index in [1.54, 1.807) is 19.5 Å². The maximum absolute atomic E-state index is 12.6. The van der Waals surface area contributed by atoms with Crippen molar-refractivity contribution in [1.29, 1.82) is 0 Å². The van der Waals surface area contributed by atoms with Crippen LogP contribution in [0.1, 0.15) is 24.8 Å². The first kappa shape index (κ1) is 16.4. The van der Waals surface area contributed by atoms with Crippen LogP contribution < -0.4 is 0 Å². The van der Waals surface area contributed by atoms with Crippen molar-refractivity contribution < 1.29 is 9.53 Å². The molecule has 23 heavy (non-hydrogen) atoms. The summed E-state index contributed by atoms with van der Waals surface area (Å²) in [4.78, 5) is 21.2. The molecule has 0 aliphatic carbocycles. The quantitative estimate of drug-likeness (QED) is 0.827. The smallest absolute Gasteiger partial charge is 0.227 e. The molecule has 1 aromatic heterocycles. The topological polar surface area (TPSA) is 45.7 Å². The van der Waals surface area contributed by atoms with Gasteiger partial charge >= 0.3 is 0 Å². The van der Waals surface area contributed by atoms with Crippen molar-refractivity contribution in [3.8, 4) is 0 Å². The van der Waals surface area contributed by atoms with Crippen molar-refractivity contribution in [1.82, 2.24) is 14.8 Å². The van der Waals surface area contributed by atoms with E-state index in [1.165, 1.54) is 12.8 Å². The third kappa shape index (κ3) is 4.09. The van der Waals surface area contributed by atoms with E-state index in [9.17, 15) is 4.79 Å². The second-order valence-electron chi connectivity index (χ2n) is 6.98. The van der Waals surface area contributed by atoms with Crippen molar-refractivity contribution in [2.75, 3.05) is 46.4 Å². The lowest BCUT2D eigenvalue weighted by molar-refractivity contribution is -0.130. The fourth-order valence-electron chi connectivity index (χ4n) is 3.99. The highest BCUT2D eigenvalue weighted by molar-refractivity contribution is 5.79. The highest BCUT2D eigenvalue weighted by Gasteiger charge is 2.42. The van der Waals surface area contributed by atoms with Gasteiger partial charge in [0.15, 0.2) is 0 Å². The number of amides is 1. The van der Waals surface area contributed by atoms with Gasteiger partial charge in [-0.2, -0.15) is 0 Å². The molecule has 1 atom stereocenters. The van der Waals surface area contributed by atoms with Gasteiger partial charge in [0, 0.05) is 51.1 Å². The molecular weight excluding hydrogens is 290 g/mol. The predicted molar refractivity (Wildman–Crippen MR) is 89.1 cm³/mol. The Morgan fingerprint density at radius 2 is 2.26 bits per heavy atom. The molecule has 2 aliphatic heterocycles. The molecule has 3 rings (SSSR count). The Morgan fingerprint density at radius 1 is 1.35 bits per heavy atom. The lowest BCUT2D eigenvalue weighted by atomic mass is 9.79. The van der Waals surface area contributed by atoms with E-state index in [0.717, 1.165) is 51.3 Å². The van der Waals surface area contributed by atoms with E-state index in [1.807, 2.05) is 12.1 Å². The first-order valence-electron chi connectivity index (χ1n) is 8.59. The van der Waals surface area contributed by atoms with Gasteiger partial charge in [-0.15, -0.1) is 0 Å². The monoisotopic (exact) mass is 317 g/mol. The normalized spacial score (nSPS) is 25.2. The largest absolute Gasteiger partial charge is 0.383 e. The number of hydrogen-bond acceptors (Lipinski definition) is 4. The Labute approximate surface area is 138 Å². The third-order valence-electron chi connectivity index (χ3n) is 5.22. The number of aromatic nitrogens is 1. The summed E-state index contributed by atoms with van der Waals surface area (Å²) in [6.07, 6.45) is 7.61. The molecule has 126 valence electrons. The molecule has 0 radical (unpaired) electrons. The third-order valence-corrected chi connectivity index (χ3v) is 5.22. The Hall–Kier alpha value is -1.46. The molecular formula is C18H27N3O2. The minimum Gasteiger partial charge on any atom is -0.383 e. The summed E-state index contributed by atoms with van der Waals surface area (Å²) in [6, 6.07) is 3.87. The molecule has 0 bridgehead atoms. The molecule has 0 saturated carbocycles. The number of piperidine rings is 1. The van der Waals surface area contributed by atoms with Gasteiger partial charge in [-0.1, -0.05) is 6.07 Å². The molecule has 0 N–H and O–H groups in total. The number of methoxy groups -OCH3 is 1. The van der Waals surface area contributed by atoms with Crippen LogP contribution in [0.3, 0.4) is 0 Å². The van der Waals surface area contributed by atoms with E-state index in [4.69, 9.17) is 4.74 Å². The van der Waals surface area contributed by atoms with Crippen LogP contribution in [0.5, 0.6) is 0 Å². The van der Waals surface area contributed by atoms with E-state index in [2.05, 4.69) is 14.8 Å². The van der Waals surface area contributed by atoms with E-state index >= 15 is 0 Å². The molecule has 2 fully saturated rings. The first-order chi connectivity index (χ1) is 11.2. The lowest BCUT2D eigenvalue weighted by Gasteiger charge is -2.40. The molecule has 1 spiro atoms. The van der Waals surface area contributed by atoms with E-state index in [0.29, 0.717) is 11.8 Å². The van der Waals surface area contributed by atoms with Gasteiger partial charge in [0.05, 0.1) is 13.0 Å². The second kappa shape index (κ2) is 7.41. The van der Waals surface area contributed by atoms with Gasteiger partial charge < -0.3 is 14.5 Å². The van der Waals surface area contributed by atoms with Gasteiger partial charge in [-0.3, -0.25) is 9.78 Å². The van der Waals surface area contributed by atoms with Crippen LogP contribution in [0.25, 0.3) is 0 Å². The summed E-state index contributed by atoms with van der Waals surface area (Å²) in [5.74, 6) is 0.240. The maximum Gasteiger partial charge on any atom is 0.227 e. The minimum absolute atomic E-state index is 0.240. The highest BCUT2D eigenvalue weighted by Crippen LogP contribution is 2.39. The van der Waals surface area contributed by atoms with E-state index < -0.39 is 0 Å². The van der Waals surface area contributed by atoms with Gasteiger partial charge in [-0.25, -0.2) is 0 Å². The number of hydrogen-bond donors (Lipinski definition) is 0. The van der Waals surface area contributed by atoms with Crippen LogP contribution >= 0.6 is 0 Å². The summed E-state index contributed by atoms with van der Waals surface area (Å²) < 4.78 is 5.21. The fourth-order valence-corrected chi connectivity index (χ4v) is 3.99. The number of carbonyl (C=O) groups excluding carboxylic acids is 1. The fraction of sp³-hybridized carbons (Fsp3) is 0.667.